The minimum Gasteiger partial charge on any atom is -0.468 e. The summed E-state index contributed by atoms with van der Waals surface area (Å²) in [5.41, 5.74) is 0. The molecular formula is C10H21NO2Si. The fraction of sp³-hybridized carbons (Fsp3) is 0.900. The van der Waals surface area contributed by atoms with Gasteiger partial charge in [-0.05, 0) is 31.1 Å². The number of carbonyl (C=O) groups excluding carboxylic acids is 1. The second-order valence-electron chi connectivity index (χ2n) is 4.03. The molecule has 0 atom stereocenters. The minimum atomic E-state index is -1.26. The number of rotatable bonds is 4. The third kappa shape index (κ3) is 2.17. The SMILES string of the molecule is CC[Si]1(CC)CCCN1CC(=O)OC. The van der Waals surface area contributed by atoms with Gasteiger partial charge >= 0.3 is 5.97 Å². The van der Waals surface area contributed by atoms with Crippen LogP contribution in [0.1, 0.15) is 20.3 Å². The number of nitrogens with zero attached hydrogens (tertiary/aromatic N) is 1. The molecule has 1 rings (SSSR count). The van der Waals surface area contributed by atoms with Crippen LogP contribution in [0.2, 0.25) is 18.1 Å². The lowest BCUT2D eigenvalue weighted by molar-refractivity contribution is -0.140. The first-order valence-electron chi connectivity index (χ1n) is 5.50. The van der Waals surface area contributed by atoms with E-state index in [0.717, 1.165) is 6.54 Å². The molecule has 0 spiro atoms. The van der Waals surface area contributed by atoms with Crippen LogP contribution in [0.15, 0.2) is 0 Å². The summed E-state index contributed by atoms with van der Waals surface area (Å²) in [5, 5.41) is 0. The number of methoxy groups -OCH3 is 1. The second kappa shape index (κ2) is 4.93. The molecule has 0 unspecified atom stereocenters. The average Bonchev–Trinajstić information content (AvgIpc) is 2.61. The normalized spacial score (nSPS) is 21.1. The first-order chi connectivity index (χ1) is 6.68. The first-order valence-corrected chi connectivity index (χ1v) is 8.07. The predicted molar refractivity (Wildman–Crippen MR) is 59.7 cm³/mol. The molecule has 0 radical (unpaired) electrons. The summed E-state index contributed by atoms with van der Waals surface area (Å²) in [6.07, 6.45) is 1.27. The Balaban J connectivity index is 2.62. The van der Waals surface area contributed by atoms with Gasteiger partial charge in [0, 0.05) is 0 Å². The van der Waals surface area contributed by atoms with Gasteiger partial charge in [-0.3, -0.25) is 4.79 Å². The van der Waals surface area contributed by atoms with Crippen molar-refractivity contribution in [3.8, 4) is 0 Å². The highest BCUT2D eigenvalue weighted by molar-refractivity contribution is 6.77. The second-order valence-corrected chi connectivity index (χ2v) is 9.03. The Kier molecular flexibility index (Phi) is 4.13. The predicted octanol–water partition coefficient (Wildman–Crippen LogP) is 1.85. The van der Waals surface area contributed by atoms with Crippen LogP contribution in [0, 0.1) is 0 Å². The highest BCUT2D eigenvalue weighted by Crippen LogP contribution is 2.32. The Morgan fingerprint density at radius 3 is 2.57 bits per heavy atom. The quantitative estimate of drug-likeness (QED) is 0.529. The maximum Gasteiger partial charge on any atom is 0.319 e. The zero-order chi connectivity index (χ0) is 10.6. The molecule has 0 N–H and O–H groups in total. The van der Waals surface area contributed by atoms with E-state index in [1.165, 1.54) is 31.7 Å². The highest BCUT2D eigenvalue weighted by atomic mass is 28.3. The van der Waals surface area contributed by atoms with E-state index in [4.69, 9.17) is 4.74 Å². The summed E-state index contributed by atoms with van der Waals surface area (Å²) in [4.78, 5) is 11.2. The summed E-state index contributed by atoms with van der Waals surface area (Å²) in [5.74, 6) is -0.0781. The Hall–Kier alpha value is -0.353. The molecule has 82 valence electrons. The molecule has 3 nitrogen and oxygen atoms in total. The van der Waals surface area contributed by atoms with Gasteiger partial charge in [-0.25, -0.2) is 0 Å². The lowest BCUT2D eigenvalue weighted by Gasteiger charge is -2.34. The summed E-state index contributed by atoms with van der Waals surface area (Å²) in [6, 6.07) is 3.89. The van der Waals surface area contributed by atoms with Gasteiger partial charge in [0.15, 0.2) is 0 Å². The van der Waals surface area contributed by atoms with E-state index in [9.17, 15) is 4.79 Å². The Bertz CT molecular complexity index is 204. The van der Waals surface area contributed by atoms with Crippen molar-refractivity contribution < 1.29 is 9.53 Å². The molecule has 14 heavy (non-hydrogen) atoms. The summed E-state index contributed by atoms with van der Waals surface area (Å²) >= 11 is 0. The van der Waals surface area contributed by atoms with Gasteiger partial charge < -0.3 is 9.30 Å². The third-order valence-electron chi connectivity index (χ3n) is 3.60. The maximum absolute atomic E-state index is 11.2. The maximum atomic E-state index is 11.2. The zero-order valence-corrected chi connectivity index (χ0v) is 10.5. The van der Waals surface area contributed by atoms with Gasteiger partial charge in [0.2, 0.25) is 0 Å². The Labute approximate surface area is 87.5 Å². The number of hydrogen-bond acceptors (Lipinski definition) is 3. The van der Waals surface area contributed by atoms with Crippen LogP contribution in [0.25, 0.3) is 0 Å². The van der Waals surface area contributed by atoms with Crippen molar-refractivity contribution in [1.29, 1.82) is 0 Å². The minimum absolute atomic E-state index is 0.0781. The van der Waals surface area contributed by atoms with Crippen molar-refractivity contribution in [3.63, 3.8) is 0 Å². The van der Waals surface area contributed by atoms with E-state index < -0.39 is 8.24 Å². The van der Waals surface area contributed by atoms with Crippen molar-refractivity contribution in [1.82, 2.24) is 4.57 Å². The fourth-order valence-electron chi connectivity index (χ4n) is 2.51. The van der Waals surface area contributed by atoms with E-state index in [0.29, 0.717) is 6.54 Å². The van der Waals surface area contributed by atoms with Crippen molar-refractivity contribution in [2.24, 2.45) is 0 Å². The number of ether oxygens (including phenoxy) is 1. The summed E-state index contributed by atoms with van der Waals surface area (Å²) < 4.78 is 7.17. The molecule has 1 aliphatic rings. The van der Waals surface area contributed by atoms with Crippen LogP contribution < -0.4 is 0 Å². The molecule has 0 aromatic heterocycles. The van der Waals surface area contributed by atoms with Gasteiger partial charge in [0.1, 0.15) is 8.24 Å². The molecule has 1 fully saturated rings. The van der Waals surface area contributed by atoms with Gasteiger partial charge in [0.25, 0.3) is 0 Å². The van der Waals surface area contributed by atoms with E-state index in [1.54, 1.807) is 0 Å². The third-order valence-corrected chi connectivity index (χ3v) is 9.24. The van der Waals surface area contributed by atoms with Crippen molar-refractivity contribution in [2.75, 3.05) is 20.2 Å². The van der Waals surface area contributed by atoms with E-state index >= 15 is 0 Å². The van der Waals surface area contributed by atoms with Crippen LogP contribution >= 0.6 is 0 Å². The first kappa shape index (κ1) is 11.7. The molecule has 0 saturated carbocycles. The van der Waals surface area contributed by atoms with Gasteiger partial charge in [0.05, 0.1) is 13.7 Å². The van der Waals surface area contributed by atoms with Crippen LogP contribution in [-0.2, 0) is 9.53 Å². The monoisotopic (exact) mass is 215 g/mol. The van der Waals surface area contributed by atoms with Crippen LogP contribution in [0.4, 0.5) is 0 Å². The average molecular weight is 215 g/mol. The lowest BCUT2D eigenvalue weighted by atomic mass is 10.5. The van der Waals surface area contributed by atoms with Crippen LogP contribution in [0.3, 0.4) is 0 Å². The number of carbonyl (C=O) groups is 1. The molecule has 1 saturated heterocycles. The molecule has 0 aliphatic carbocycles. The molecule has 1 heterocycles. The smallest absolute Gasteiger partial charge is 0.319 e. The molecular weight excluding hydrogens is 194 g/mol. The van der Waals surface area contributed by atoms with Crippen molar-refractivity contribution in [2.45, 2.75) is 38.4 Å². The van der Waals surface area contributed by atoms with Crippen LogP contribution in [-0.4, -0.2) is 39.0 Å². The lowest BCUT2D eigenvalue weighted by Crippen LogP contribution is -2.49. The van der Waals surface area contributed by atoms with E-state index in [1.807, 2.05) is 0 Å². The topological polar surface area (TPSA) is 29.5 Å². The molecule has 0 amide bonds. The van der Waals surface area contributed by atoms with Gasteiger partial charge in [-0.15, -0.1) is 0 Å². The summed E-state index contributed by atoms with van der Waals surface area (Å²) in [6.45, 7) is 6.16. The van der Waals surface area contributed by atoms with Crippen molar-refractivity contribution in [3.05, 3.63) is 0 Å². The Morgan fingerprint density at radius 2 is 2.07 bits per heavy atom. The number of esters is 1. The standard InChI is InChI=1S/C10H21NO2Si/c1-4-14(5-2)8-6-7-11(14)9-10(12)13-3/h4-9H2,1-3H3. The Morgan fingerprint density at radius 1 is 1.43 bits per heavy atom. The van der Waals surface area contributed by atoms with E-state index in [-0.39, 0.29) is 5.97 Å². The molecule has 0 aromatic carbocycles. The van der Waals surface area contributed by atoms with Gasteiger partial charge in [-0.2, -0.15) is 0 Å². The van der Waals surface area contributed by atoms with Gasteiger partial charge in [-0.1, -0.05) is 13.8 Å². The molecule has 0 aromatic rings. The summed E-state index contributed by atoms with van der Waals surface area (Å²) in [7, 11) is 0.216. The van der Waals surface area contributed by atoms with Crippen LogP contribution in [0.5, 0.6) is 0 Å². The molecule has 0 bridgehead atoms. The molecule has 1 aliphatic heterocycles. The van der Waals surface area contributed by atoms with E-state index in [2.05, 4.69) is 18.4 Å². The highest BCUT2D eigenvalue weighted by Gasteiger charge is 2.40. The zero-order valence-electron chi connectivity index (χ0n) is 9.51. The van der Waals surface area contributed by atoms with Crippen molar-refractivity contribution >= 4 is 14.2 Å². The largest absolute Gasteiger partial charge is 0.468 e. The molecule has 4 heteroatoms. The number of hydrogen-bond donors (Lipinski definition) is 0. The fourth-order valence-corrected chi connectivity index (χ4v) is 6.84.